The van der Waals surface area contributed by atoms with Gasteiger partial charge in [-0.05, 0) is 43.6 Å². The molecule has 0 aliphatic carbocycles. The van der Waals surface area contributed by atoms with Crippen LogP contribution in [0.5, 0.6) is 0 Å². The Balaban J connectivity index is 1.71. The van der Waals surface area contributed by atoms with Crippen LogP contribution in [0, 0.1) is 5.92 Å². The van der Waals surface area contributed by atoms with Gasteiger partial charge in [0.05, 0.1) is 11.4 Å². The number of rotatable bonds is 5. The molecule has 24 heavy (non-hydrogen) atoms. The lowest BCUT2D eigenvalue weighted by Gasteiger charge is -2.25. The van der Waals surface area contributed by atoms with E-state index in [0.29, 0.717) is 0 Å². The SMILES string of the molecule is CN(Cc1ccccc1)c1ccccc1NC(=O)C1CCNCC1. The van der Waals surface area contributed by atoms with Gasteiger partial charge >= 0.3 is 0 Å². The number of hydrogen-bond acceptors (Lipinski definition) is 3. The molecule has 126 valence electrons. The second-order valence-corrected chi connectivity index (χ2v) is 6.37. The fourth-order valence-corrected chi connectivity index (χ4v) is 3.17. The number of piperidine rings is 1. The molecule has 4 heteroatoms. The van der Waals surface area contributed by atoms with Crippen LogP contribution >= 0.6 is 0 Å². The molecule has 1 aliphatic rings. The largest absolute Gasteiger partial charge is 0.369 e. The van der Waals surface area contributed by atoms with Crippen molar-refractivity contribution < 1.29 is 4.79 Å². The molecule has 1 saturated heterocycles. The second kappa shape index (κ2) is 7.97. The average Bonchev–Trinajstić information content (AvgIpc) is 2.63. The van der Waals surface area contributed by atoms with E-state index in [1.54, 1.807) is 0 Å². The Morgan fingerprint density at radius 2 is 1.75 bits per heavy atom. The Kier molecular flexibility index (Phi) is 5.49. The maximum Gasteiger partial charge on any atom is 0.227 e. The van der Waals surface area contributed by atoms with Crippen molar-refractivity contribution in [2.75, 3.05) is 30.4 Å². The zero-order valence-corrected chi connectivity index (χ0v) is 14.2. The highest BCUT2D eigenvalue weighted by Crippen LogP contribution is 2.27. The van der Waals surface area contributed by atoms with Crippen LogP contribution in [-0.4, -0.2) is 26.0 Å². The number of carbonyl (C=O) groups is 1. The van der Waals surface area contributed by atoms with E-state index in [4.69, 9.17) is 0 Å². The molecular weight excluding hydrogens is 298 g/mol. The molecule has 0 saturated carbocycles. The third kappa shape index (κ3) is 4.15. The highest BCUT2D eigenvalue weighted by molar-refractivity contribution is 5.95. The number of nitrogens with zero attached hydrogens (tertiary/aromatic N) is 1. The summed E-state index contributed by atoms with van der Waals surface area (Å²) in [5.74, 6) is 0.246. The second-order valence-electron chi connectivity index (χ2n) is 6.37. The lowest BCUT2D eigenvalue weighted by atomic mass is 9.97. The van der Waals surface area contributed by atoms with E-state index in [9.17, 15) is 4.79 Å². The molecule has 0 atom stereocenters. The average molecular weight is 323 g/mol. The maximum absolute atomic E-state index is 12.5. The van der Waals surface area contributed by atoms with Gasteiger partial charge in [0, 0.05) is 19.5 Å². The van der Waals surface area contributed by atoms with Crippen LogP contribution in [0.1, 0.15) is 18.4 Å². The first-order chi connectivity index (χ1) is 11.7. The lowest BCUT2D eigenvalue weighted by Crippen LogP contribution is -2.34. The Hall–Kier alpha value is -2.33. The van der Waals surface area contributed by atoms with Gasteiger partial charge in [-0.3, -0.25) is 4.79 Å². The maximum atomic E-state index is 12.5. The van der Waals surface area contributed by atoms with Gasteiger partial charge in [-0.25, -0.2) is 0 Å². The number of anilines is 2. The van der Waals surface area contributed by atoms with Gasteiger partial charge in [0.1, 0.15) is 0 Å². The van der Waals surface area contributed by atoms with Crippen LogP contribution in [0.25, 0.3) is 0 Å². The van der Waals surface area contributed by atoms with Gasteiger partial charge in [-0.1, -0.05) is 42.5 Å². The van der Waals surface area contributed by atoms with Crippen LogP contribution < -0.4 is 15.5 Å². The van der Waals surface area contributed by atoms with Crippen molar-refractivity contribution in [3.63, 3.8) is 0 Å². The van der Waals surface area contributed by atoms with E-state index >= 15 is 0 Å². The molecular formula is C20H25N3O. The first-order valence-electron chi connectivity index (χ1n) is 8.60. The quantitative estimate of drug-likeness (QED) is 0.888. The normalized spacial score (nSPS) is 15.0. The van der Waals surface area contributed by atoms with E-state index < -0.39 is 0 Å². The van der Waals surface area contributed by atoms with Crippen molar-refractivity contribution in [1.29, 1.82) is 0 Å². The first kappa shape index (κ1) is 16.5. The van der Waals surface area contributed by atoms with E-state index in [1.807, 2.05) is 36.4 Å². The van der Waals surface area contributed by atoms with Gasteiger partial charge in [0.25, 0.3) is 0 Å². The topological polar surface area (TPSA) is 44.4 Å². The molecule has 1 aliphatic heterocycles. The molecule has 0 radical (unpaired) electrons. The number of amides is 1. The first-order valence-corrected chi connectivity index (χ1v) is 8.60. The number of para-hydroxylation sites is 2. The fourth-order valence-electron chi connectivity index (χ4n) is 3.17. The third-order valence-electron chi connectivity index (χ3n) is 4.55. The summed E-state index contributed by atoms with van der Waals surface area (Å²) in [7, 11) is 2.06. The summed E-state index contributed by atoms with van der Waals surface area (Å²) in [5.41, 5.74) is 3.18. The molecule has 1 amide bonds. The molecule has 1 heterocycles. The van der Waals surface area contributed by atoms with Crippen LogP contribution in [-0.2, 0) is 11.3 Å². The third-order valence-corrected chi connectivity index (χ3v) is 4.55. The summed E-state index contributed by atoms with van der Waals surface area (Å²) in [6.45, 7) is 2.66. The predicted octanol–water partition coefficient (Wildman–Crippen LogP) is 3.26. The van der Waals surface area contributed by atoms with Crippen LogP contribution in [0.3, 0.4) is 0 Å². The van der Waals surface area contributed by atoms with Crippen LogP contribution in [0.15, 0.2) is 54.6 Å². The summed E-state index contributed by atoms with van der Waals surface area (Å²) < 4.78 is 0. The van der Waals surface area contributed by atoms with Crippen molar-refractivity contribution in [3.05, 3.63) is 60.2 Å². The number of benzene rings is 2. The summed E-state index contributed by atoms with van der Waals surface area (Å²) >= 11 is 0. The lowest BCUT2D eigenvalue weighted by molar-refractivity contribution is -0.120. The molecule has 0 aromatic heterocycles. The summed E-state index contributed by atoms with van der Waals surface area (Å²) in [4.78, 5) is 14.7. The van der Waals surface area contributed by atoms with E-state index in [1.165, 1.54) is 5.56 Å². The van der Waals surface area contributed by atoms with Gasteiger partial charge in [-0.2, -0.15) is 0 Å². The molecule has 4 nitrogen and oxygen atoms in total. The molecule has 1 fully saturated rings. The molecule has 3 rings (SSSR count). The van der Waals surface area contributed by atoms with Crippen LogP contribution in [0.2, 0.25) is 0 Å². The van der Waals surface area contributed by atoms with E-state index in [-0.39, 0.29) is 11.8 Å². The zero-order valence-electron chi connectivity index (χ0n) is 14.2. The Bertz CT molecular complexity index is 666. The Labute approximate surface area is 143 Å². The molecule has 2 N–H and O–H groups in total. The standard InChI is InChI=1S/C20H25N3O/c1-23(15-16-7-3-2-4-8-16)19-10-6-5-9-18(19)22-20(24)17-11-13-21-14-12-17/h2-10,17,21H,11-15H2,1H3,(H,22,24). The Morgan fingerprint density at radius 3 is 2.50 bits per heavy atom. The molecule has 0 unspecified atom stereocenters. The van der Waals surface area contributed by atoms with E-state index in [0.717, 1.165) is 43.9 Å². The number of nitrogens with one attached hydrogen (secondary N) is 2. The Morgan fingerprint density at radius 1 is 1.08 bits per heavy atom. The summed E-state index contributed by atoms with van der Waals surface area (Å²) in [6.07, 6.45) is 1.82. The number of hydrogen-bond donors (Lipinski definition) is 2. The molecule has 2 aromatic rings. The van der Waals surface area contributed by atoms with Crippen molar-refractivity contribution in [2.24, 2.45) is 5.92 Å². The molecule has 0 spiro atoms. The van der Waals surface area contributed by atoms with Crippen molar-refractivity contribution in [3.8, 4) is 0 Å². The monoisotopic (exact) mass is 323 g/mol. The predicted molar refractivity (Wildman–Crippen MR) is 99.2 cm³/mol. The summed E-state index contributed by atoms with van der Waals surface area (Å²) in [6, 6.07) is 18.4. The van der Waals surface area contributed by atoms with Crippen molar-refractivity contribution >= 4 is 17.3 Å². The van der Waals surface area contributed by atoms with E-state index in [2.05, 4.69) is 40.8 Å². The number of carbonyl (C=O) groups excluding carboxylic acids is 1. The van der Waals surface area contributed by atoms with Crippen LogP contribution in [0.4, 0.5) is 11.4 Å². The van der Waals surface area contributed by atoms with Gasteiger partial charge < -0.3 is 15.5 Å². The van der Waals surface area contributed by atoms with Gasteiger partial charge in [0.2, 0.25) is 5.91 Å². The highest BCUT2D eigenvalue weighted by atomic mass is 16.1. The van der Waals surface area contributed by atoms with Gasteiger partial charge in [0.15, 0.2) is 0 Å². The van der Waals surface area contributed by atoms with Gasteiger partial charge in [-0.15, -0.1) is 0 Å². The minimum absolute atomic E-state index is 0.110. The van der Waals surface area contributed by atoms with Crippen molar-refractivity contribution in [2.45, 2.75) is 19.4 Å². The summed E-state index contributed by atoms with van der Waals surface area (Å²) in [5, 5.41) is 6.44. The fraction of sp³-hybridized carbons (Fsp3) is 0.350. The smallest absolute Gasteiger partial charge is 0.227 e. The minimum atomic E-state index is 0.110. The minimum Gasteiger partial charge on any atom is -0.369 e. The molecule has 0 bridgehead atoms. The highest BCUT2D eigenvalue weighted by Gasteiger charge is 2.21. The zero-order chi connectivity index (χ0) is 16.8. The van der Waals surface area contributed by atoms with Crippen molar-refractivity contribution in [1.82, 2.24) is 5.32 Å². The molecule has 2 aromatic carbocycles.